The third-order valence-corrected chi connectivity index (χ3v) is 3.44. The lowest BCUT2D eigenvalue weighted by molar-refractivity contribution is 0.327. The first-order chi connectivity index (χ1) is 7.79. The van der Waals surface area contributed by atoms with Gasteiger partial charge in [-0.3, -0.25) is 0 Å². The summed E-state index contributed by atoms with van der Waals surface area (Å²) in [7, 11) is 0. The molecule has 1 aromatic heterocycles. The zero-order chi connectivity index (χ0) is 11.4. The van der Waals surface area contributed by atoms with Gasteiger partial charge in [0.25, 0.3) is 0 Å². The lowest BCUT2D eigenvalue weighted by Gasteiger charge is -2.31. The molecule has 0 saturated carbocycles. The molecule has 2 heterocycles. The standard InChI is InChI=1S/C12H17BrN2O/c1-2-16-12-7-3-6-11(14-12)15-8-4-5-10(13)9-15/h3,6-7,10H,2,4-5,8-9H2,1H3. The molecule has 0 N–H and O–H groups in total. The quantitative estimate of drug-likeness (QED) is 0.798. The van der Waals surface area contributed by atoms with Gasteiger partial charge in [-0.25, -0.2) is 0 Å². The largest absolute Gasteiger partial charge is 0.478 e. The van der Waals surface area contributed by atoms with E-state index in [1.807, 2.05) is 25.1 Å². The predicted octanol–water partition coefficient (Wildman–Crippen LogP) is 2.84. The third-order valence-electron chi connectivity index (χ3n) is 2.69. The Morgan fingerprint density at radius 2 is 2.44 bits per heavy atom. The van der Waals surface area contributed by atoms with Gasteiger partial charge in [-0.15, -0.1) is 0 Å². The van der Waals surface area contributed by atoms with Gasteiger partial charge in [0, 0.05) is 24.0 Å². The van der Waals surface area contributed by atoms with Crippen LogP contribution in [0.3, 0.4) is 0 Å². The van der Waals surface area contributed by atoms with E-state index in [4.69, 9.17) is 4.74 Å². The molecule has 88 valence electrons. The molecule has 1 aromatic rings. The van der Waals surface area contributed by atoms with Crippen LogP contribution in [0.2, 0.25) is 0 Å². The zero-order valence-corrected chi connectivity index (χ0v) is 11.1. The number of hydrogen-bond donors (Lipinski definition) is 0. The Labute approximate surface area is 105 Å². The fourth-order valence-corrected chi connectivity index (χ4v) is 2.62. The van der Waals surface area contributed by atoms with E-state index in [-0.39, 0.29) is 0 Å². The molecule has 1 aliphatic rings. The molecule has 0 radical (unpaired) electrons. The van der Waals surface area contributed by atoms with Crippen LogP contribution in [-0.4, -0.2) is 29.5 Å². The number of pyridine rings is 1. The Bertz CT molecular complexity index is 346. The lowest BCUT2D eigenvalue weighted by atomic mass is 10.1. The number of ether oxygens (including phenoxy) is 1. The zero-order valence-electron chi connectivity index (χ0n) is 9.53. The molecule has 1 atom stereocenters. The summed E-state index contributed by atoms with van der Waals surface area (Å²) in [5, 5.41) is 0. The van der Waals surface area contributed by atoms with Gasteiger partial charge in [0.15, 0.2) is 0 Å². The summed E-state index contributed by atoms with van der Waals surface area (Å²) >= 11 is 3.67. The second-order valence-corrected chi connectivity index (χ2v) is 5.25. The van der Waals surface area contributed by atoms with Crippen molar-refractivity contribution in [3.05, 3.63) is 18.2 Å². The number of alkyl halides is 1. The predicted molar refractivity (Wildman–Crippen MR) is 69.6 cm³/mol. The average molecular weight is 285 g/mol. The van der Waals surface area contributed by atoms with Crippen molar-refractivity contribution in [3.63, 3.8) is 0 Å². The minimum atomic E-state index is 0.582. The highest BCUT2D eigenvalue weighted by Crippen LogP contribution is 2.23. The van der Waals surface area contributed by atoms with E-state index in [0.29, 0.717) is 11.4 Å². The molecule has 1 fully saturated rings. The minimum absolute atomic E-state index is 0.582. The summed E-state index contributed by atoms with van der Waals surface area (Å²) in [5.74, 6) is 1.74. The summed E-state index contributed by atoms with van der Waals surface area (Å²) in [6.07, 6.45) is 2.47. The molecule has 0 bridgehead atoms. The number of anilines is 1. The average Bonchev–Trinajstić information content (AvgIpc) is 2.30. The van der Waals surface area contributed by atoms with E-state index >= 15 is 0 Å². The summed E-state index contributed by atoms with van der Waals surface area (Å²) in [5.41, 5.74) is 0. The second-order valence-electron chi connectivity index (χ2n) is 3.95. The molecule has 16 heavy (non-hydrogen) atoms. The van der Waals surface area contributed by atoms with Crippen LogP contribution >= 0.6 is 15.9 Å². The van der Waals surface area contributed by atoms with Crippen LogP contribution in [0, 0.1) is 0 Å². The topological polar surface area (TPSA) is 25.4 Å². The van der Waals surface area contributed by atoms with Gasteiger partial charge in [-0.1, -0.05) is 22.0 Å². The van der Waals surface area contributed by atoms with E-state index in [1.54, 1.807) is 0 Å². The van der Waals surface area contributed by atoms with Crippen molar-refractivity contribution < 1.29 is 4.74 Å². The number of aromatic nitrogens is 1. The van der Waals surface area contributed by atoms with Gasteiger partial charge >= 0.3 is 0 Å². The monoisotopic (exact) mass is 284 g/mol. The molecular formula is C12H17BrN2O. The van der Waals surface area contributed by atoms with Crippen LogP contribution < -0.4 is 9.64 Å². The Hall–Kier alpha value is -0.770. The van der Waals surface area contributed by atoms with E-state index < -0.39 is 0 Å². The molecule has 1 saturated heterocycles. The van der Waals surface area contributed by atoms with Crippen molar-refractivity contribution in [3.8, 4) is 5.88 Å². The molecule has 1 unspecified atom stereocenters. The van der Waals surface area contributed by atoms with Crippen molar-refractivity contribution in [1.82, 2.24) is 4.98 Å². The summed E-state index contributed by atoms with van der Waals surface area (Å²) in [6.45, 7) is 4.76. The number of rotatable bonds is 3. The van der Waals surface area contributed by atoms with Crippen LogP contribution in [0.15, 0.2) is 18.2 Å². The van der Waals surface area contributed by atoms with Crippen LogP contribution in [0.25, 0.3) is 0 Å². The molecule has 2 rings (SSSR count). The highest BCUT2D eigenvalue weighted by atomic mass is 79.9. The Morgan fingerprint density at radius 1 is 1.56 bits per heavy atom. The van der Waals surface area contributed by atoms with E-state index in [9.17, 15) is 0 Å². The molecule has 3 nitrogen and oxygen atoms in total. The first-order valence-corrected chi connectivity index (χ1v) is 6.70. The summed E-state index contributed by atoms with van der Waals surface area (Å²) in [6, 6.07) is 5.96. The normalized spacial score (nSPS) is 20.9. The van der Waals surface area contributed by atoms with Crippen molar-refractivity contribution >= 4 is 21.7 Å². The Kier molecular flexibility index (Phi) is 4.04. The number of nitrogens with zero attached hydrogens (tertiary/aromatic N) is 2. The van der Waals surface area contributed by atoms with Crippen molar-refractivity contribution in [1.29, 1.82) is 0 Å². The van der Waals surface area contributed by atoms with E-state index in [2.05, 4.69) is 25.8 Å². The van der Waals surface area contributed by atoms with Crippen molar-refractivity contribution in [2.45, 2.75) is 24.6 Å². The molecule has 1 aliphatic heterocycles. The van der Waals surface area contributed by atoms with Gasteiger partial charge in [0.2, 0.25) is 5.88 Å². The highest BCUT2D eigenvalue weighted by molar-refractivity contribution is 9.09. The van der Waals surface area contributed by atoms with Gasteiger partial charge < -0.3 is 9.64 Å². The summed E-state index contributed by atoms with van der Waals surface area (Å²) < 4.78 is 5.41. The first kappa shape index (κ1) is 11.7. The minimum Gasteiger partial charge on any atom is -0.478 e. The SMILES string of the molecule is CCOc1cccc(N2CCCC(Br)C2)n1. The number of halogens is 1. The number of piperidine rings is 1. The first-order valence-electron chi connectivity index (χ1n) is 5.78. The molecule has 0 aromatic carbocycles. The van der Waals surface area contributed by atoms with Crippen LogP contribution in [0.1, 0.15) is 19.8 Å². The lowest BCUT2D eigenvalue weighted by Crippen LogP contribution is -2.36. The van der Waals surface area contributed by atoms with Crippen LogP contribution in [0.5, 0.6) is 5.88 Å². The van der Waals surface area contributed by atoms with Crippen molar-refractivity contribution in [2.24, 2.45) is 0 Å². The maximum absolute atomic E-state index is 5.41. The van der Waals surface area contributed by atoms with Gasteiger partial charge in [0.1, 0.15) is 5.82 Å². The number of hydrogen-bond acceptors (Lipinski definition) is 3. The fraction of sp³-hybridized carbons (Fsp3) is 0.583. The van der Waals surface area contributed by atoms with Gasteiger partial charge in [0.05, 0.1) is 6.61 Å². The Morgan fingerprint density at radius 3 is 3.19 bits per heavy atom. The fourth-order valence-electron chi connectivity index (χ4n) is 1.94. The maximum atomic E-state index is 5.41. The van der Waals surface area contributed by atoms with E-state index in [1.165, 1.54) is 12.8 Å². The Balaban J connectivity index is 2.09. The van der Waals surface area contributed by atoms with E-state index in [0.717, 1.165) is 24.8 Å². The summed E-state index contributed by atoms with van der Waals surface area (Å²) in [4.78, 5) is 7.40. The van der Waals surface area contributed by atoms with Crippen LogP contribution in [-0.2, 0) is 0 Å². The van der Waals surface area contributed by atoms with Gasteiger partial charge in [-0.05, 0) is 25.8 Å². The molecule has 0 amide bonds. The highest BCUT2D eigenvalue weighted by Gasteiger charge is 2.18. The molecular weight excluding hydrogens is 268 g/mol. The third kappa shape index (κ3) is 2.88. The second kappa shape index (κ2) is 5.53. The molecule has 0 aliphatic carbocycles. The molecule has 4 heteroatoms. The smallest absolute Gasteiger partial charge is 0.215 e. The maximum Gasteiger partial charge on any atom is 0.215 e. The molecule has 0 spiro atoms. The van der Waals surface area contributed by atoms with Crippen molar-refractivity contribution in [2.75, 3.05) is 24.6 Å². The van der Waals surface area contributed by atoms with Crippen LogP contribution in [0.4, 0.5) is 5.82 Å². The van der Waals surface area contributed by atoms with Gasteiger partial charge in [-0.2, -0.15) is 4.98 Å².